The Balaban J connectivity index is 0.000000308. The maximum atomic E-state index is 12.0. The highest BCUT2D eigenvalue weighted by Crippen LogP contribution is 1.74. The Labute approximate surface area is 113 Å². The number of carbonyl (C=O) groups excluding carboxylic acids is 1. The van der Waals surface area contributed by atoms with E-state index < -0.39 is 28.8 Å². The highest BCUT2D eigenvalue weighted by atomic mass is 19.1. The summed E-state index contributed by atoms with van der Waals surface area (Å²) >= 11 is 0. The van der Waals surface area contributed by atoms with E-state index in [1.165, 1.54) is 12.3 Å². The molecule has 0 fully saturated rings. The van der Waals surface area contributed by atoms with Gasteiger partial charge in [-0.05, 0) is 0 Å². The molecule has 0 saturated heterocycles. The number of hydrogen-bond donors (Lipinski definition) is 6. The number of halogens is 1. The van der Waals surface area contributed by atoms with Crippen molar-refractivity contribution in [1.29, 1.82) is 0 Å². The molecule has 0 aromatic carbocycles. The van der Waals surface area contributed by atoms with Gasteiger partial charge in [-0.25, -0.2) is 14.4 Å². The normalized spacial score (nSPS) is 8.62. The van der Waals surface area contributed by atoms with E-state index in [-0.39, 0.29) is 5.56 Å². The maximum absolute atomic E-state index is 12.0. The lowest BCUT2D eigenvalue weighted by Gasteiger charge is -1.81. The number of amides is 2. The van der Waals surface area contributed by atoms with Gasteiger partial charge < -0.3 is 21.4 Å². The molecule has 0 atom stereocenters. The van der Waals surface area contributed by atoms with Gasteiger partial charge in [-0.15, -0.1) is 0 Å². The molecule has 2 amide bonds. The molecule has 2 aromatic rings. The summed E-state index contributed by atoms with van der Waals surface area (Å²) in [4.78, 5) is 57.7. The smallest absolute Gasteiger partial charge is 0.325 e. The van der Waals surface area contributed by atoms with Crippen molar-refractivity contribution in [2.45, 2.75) is 0 Å². The summed E-state index contributed by atoms with van der Waals surface area (Å²) in [7, 11) is 0. The fraction of sp³-hybridized carbons (Fsp3) is 0. The van der Waals surface area contributed by atoms with Gasteiger partial charge in [0.25, 0.3) is 11.1 Å². The third-order valence-corrected chi connectivity index (χ3v) is 1.46. The number of hydrogen-bond acceptors (Lipinski definition) is 5. The van der Waals surface area contributed by atoms with Gasteiger partial charge in [-0.3, -0.25) is 19.6 Å². The van der Waals surface area contributed by atoms with Crippen LogP contribution in [0.4, 0.5) is 9.18 Å². The summed E-state index contributed by atoms with van der Waals surface area (Å²) in [6, 6.07) is 0.404. The maximum Gasteiger partial charge on any atom is 0.325 e. The SMILES string of the molecule is NC(N)=O.O=c1[nH]cc(F)c(=O)[nH]1.O=c1cc[nH]c(=O)[nH]1. The summed E-state index contributed by atoms with van der Waals surface area (Å²) in [5.41, 5.74) is 5.94. The largest absolute Gasteiger partial charge is 0.352 e. The minimum atomic E-state index is -1.00. The number of rotatable bonds is 0. The predicted molar refractivity (Wildman–Crippen MR) is 69.1 cm³/mol. The van der Waals surface area contributed by atoms with E-state index in [1.54, 1.807) is 4.98 Å². The van der Waals surface area contributed by atoms with Crippen molar-refractivity contribution >= 4 is 6.03 Å². The molecule has 12 heteroatoms. The van der Waals surface area contributed by atoms with Crippen molar-refractivity contribution in [1.82, 2.24) is 19.9 Å². The van der Waals surface area contributed by atoms with Crippen LogP contribution >= 0.6 is 0 Å². The van der Waals surface area contributed by atoms with Crippen LogP contribution < -0.4 is 34.0 Å². The average molecular weight is 302 g/mol. The van der Waals surface area contributed by atoms with Gasteiger partial charge in [-0.2, -0.15) is 4.39 Å². The average Bonchev–Trinajstić information content (AvgIpc) is 2.34. The summed E-state index contributed by atoms with van der Waals surface area (Å²) in [5.74, 6) is -0.991. The second kappa shape index (κ2) is 8.63. The Morgan fingerprint density at radius 3 is 1.86 bits per heavy atom. The first-order valence-corrected chi connectivity index (χ1v) is 5.02. The van der Waals surface area contributed by atoms with E-state index in [0.717, 1.165) is 0 Å². The molecular formula is C9H11FN6O5. The van der Waals surface area contributed by atoms with Crippen molar-refractivity contribution in [3.05, 3.63) is 66.0 Å². The molecule has 0 aliphatic heterocycles. The molecule has 0 spiro atoms. The number of urea groups is 1. The first-order chi connectivity index (χ1) is 9.72. The van der Waals surface area contributed by atoms with Crippen molar-refractivity contribution in [3.63, 3.8) is 0 Å². The molecule has 0 bridgehead atoms. The topological polar surface area (TPSA) is 201 Å². The van der Waals surface area contributed by atoms with E-state index >= 15 is 0 Å². The van der Waals surface area contributed by atoms with Crippen LogP contribution in [0.1, 0.15) is 0 Å². The van der Waals surface area contributed by atoms with Crippen LogP contribution in [0.5, 0.6) is 0 Å². The van der Waals surface area contributed by atoms with Crippen LogP contribution in [0.3, 0.4) is 0 Å². The van der Waals surface area contributed by atoms with Crippen molar-refractivity contribution in [2.75, 3.05) is 0 Å². The molecular weight excluding hydrogens is 291 g/mol. The van der Waals surface area contributed by atoms with Crippen LogP contribution in [0.2, 0.25) is 0 Å². The minimum Gasteiger partial charge on any atom is -0.352 e. The lowest BCUT2D eigenvalue weighted by atomic mass is 10.6. The van der Waals surface area contributed by atoms with Gasteiger partial charge in [0.1, 0.15) is 0 Å². The predicted octanol–water partition coefficient (Wildman–Crippen LogP) is -2.71. The zero-order valence-electron chi connectivity index (χ0n) is 10.3. The van der Waals surface area contributed by atoms with Crippen LogP contribution in [0, 0.1) is 5.82 Å². The van der Waals surface area contributed by atoms with Crippen LogP contribution in [0.25, 0.3) is 0 Å². The van der Waals surface area contributed by atoms with E-state index in [0.29, 0.717) is 6.20 Å². The molecule has 0 saturated carbocycles. The summed E-state index contributed by atoms with van der Waals surface area (Å²) in [6.45, 7) is 0. The Morgan fingerprint density at radius 2 is 1.52 bits per heavy atom. The molecule has 2 aromatic heterocycles. The van der Waals surface area contributed by atoms with Gasteiger partial charge in [0, 0.05) is 18.5 Å². The number of carbonyl (C=O) groups is 1. The number of nitrogens with one attached hydrogen (secondary N) is 4. The van der Waals surface area contributed by atoms with Gasteiger partial charge in [-0.1, -0.05) is 0 Å². The molecule has 0 aliphatic rings. The van der Waals surface area contributed by atoms with Crippen molar-refractivity contribution in [3.8, 4) is 0 Å². The lowest BCUT2D eigenvalue weighted by Crippen LogP contribution is -2.23. The molecule has 114 valence electrons. The third kappa shape index (κ3) is 9.18. The summed E-state index contributed by atoms with van der Waals surface area (Å²) in [6.07, 6.45) is 2.00. The minimum absolute atomic E-state index is 0.381. The number of primary amides is 2. The Morgan fingerprint density at radius 1 is 1.00 bits per heavy atom. The van der Waals surface area contributed by atoms with Crippen LogP contribution in [-0.4, -0.2) is 26.0 Å². The van der Waals surface area contributed by atoms with Crippen LogP contribution in [0.15, 0.2) is 37.6 Å². The Bertz CT molecular complexity index is 774. The molecule has 0 aliphatic carbocycles. The van der Waals surface area contributed by atoms with E-state index in [4.69, 9.17) is 4.79 Å². The van der Waals surface area contributed by atoms with Crippen molar-refractivity contribution < 1.29 is 9.18 Å². The first-order valence-electron chi connectivity index (χ1n) is 5.02. The van der Waals surface area contributed by atoms with Gasteiger partial charge in [0.2, 0.25) is 5.82 Å². The number of nitrogens with two attached hydrogens (primary N) is 2. The Hall–Kier alpha value is -3.44. The third-order valence-electron chi connectivity index (χ3n) is 1.46. The summed E-state index contributed by atoms with van der Waals surface area (Å²) < 4.78 is 12.0. The fourth-order valence-electron chi connectivity index (χ4n) is 0.776. The highest BCUT2D eigenvalue weighted by Gasteiger charge is 1.93. The quantitative estimate of drug-likeness (QED) is 0.306. The zero-order valence-corrected chi connectivity index (χ0v) is 10.3. The van der Waals surface area contributed by atoms with Crippen molar-refractivity contribution in [2.24, 2.45) is 11.5 Å². The van der Waals surface area contributed by atoms with Gasteiger partial charge in [0.05, 0.1) is 0 Å². The van der Waals surface area contributed by atoms with E-state index in [9.17, 15) is 23.6 Å². The second-order valence-corrected chi connectivity index (χ2v) is 3.12. The monoisotopic (exact) mass is 302 g/mol. The first kappa shape index (κ1) is 17.6. The number of H-pyrrole nitrogens is 4. The Kier molecular flexibility index (Phi) is 7.21. The standard InChI is InChI=1S/C4H3FN2O2.C4H4N2O2.CH4N2O/c5-2-1-6-4(9)7-3(2)8;7-3-1-2-5-4(8)6-3;2-1(3)4/h1H,(H2,6,7,8,9);1-2H,(H2,5,6,7,8);(H4,2,3,4). The molecule has 2 rings (SSSR count). The summed E-state index contributed by atoms with van der Waals surface area (Å²) in [5, 5.41) is 0. The molecule has 21 heavy (non-hydrogen) atoms. The molecule has 0 radical (unpaired) electrons. The van der Waals surface area contributed by atoms with E-state index in [1.807, 2.05) is 9.97 Å². The van der Waals surface area contributed by atoms with E-state index in [2.05, 4.69) is 16.5 Å². The van der Waals surface area contributed by atoms with Gasteiger partial charge >= 0.3 is 17.4 Å². The molecule has 8 N–H and O–H groups in total. The number of aromatic nitrogens is 4. The molecule has 11 nitrogen and oxygen atoms in total. The lowest BCUT2D eigenvalue weighted by molar-refractivity contribution is 0.256. The highest BCUT2D eigenvalue weighted by molar-refractivity contribution is 5.69. The second-order valence-electron chi connectivity index (χ2n) is 3.12. The molecule has 0 unspecified atom stereocenters. The number of aromatic amines is 4. The molecule has 2 heterocycles. The van der Waals surface area contributed by atoms with Gasteiger partial charge in [0.15, 0.2) is 0 Å². The zero-order chi connectivity index (χ0) is 16.4. The van der Waals surface area contributed by atoms with Crippen LogP contribution in [-0.2, 0) is 0 Å². The fourth-order valence-corrected chi connectivity index (χ4v) is 0.776.